The fourth-order valence-electron chi connectivity index (χ4n) is 10.8. The molecule has 192 valence electrons. The lowest BCUT2D eigenvalue weighted by atomic mass is 9.52. The van der Waals surface area contributed by atoms with Gasteiger partial charge in [0, 0.05) is 36.6 Å². The quantitative estimate of drug-likeness (QED) is 0.513. The number of allylic oxidation sites excluding steroid dienone is 2. The Balaban J connectivity index is 1.01. The molecule has 1 saturated heterocycles. The van der Waals surface area contributed by atoms with Crippen molar-refractivity contribution in [3.8, 4) is 0 Å². The van der Waals surface area contributed by atoms with Crippen LogP contribution in [0.1, 0.15) is 90.4 Å². The molecule has 1 spiro atoms. The van der Waals surface area contributed by atoms with Crippen LogP contribution in [0.5, 0.6) is 0 Å². The van der Waals surface area contributed by atoms with E-state index in [0.717, 1.165) is 57.8 Å². The van der Waals surface area contributed by atoms with E-state index in [2.05, 4.69) is 12.2 Å². The predicted octanol–water partition coefficient (Wildman–Crippen LogP) is 5.78. The van der Waals surface area contributed by atoms with Gasteiger partial charge < -0.3 is 14.8 Å². The van der Waals surface area contributed by atoms with Gasteiger partial charge in [-0.15, -0.1) is 0 Å². The molecule has 0 aromatic rings. The smallest absolute Gasteiger partial charge is 0.169 e. The van der Waals surface area contributed by atoms with Crippen molar-refractivity contribution in [1.29, 1.82) is 0 Å². The lowest BCUT2D eigenvalue weighted by molar-refractivity contribution is -0.181. The summed E-state index contributed by atoms with van der Waals surface area (Å²) >= 11 is 0. The fourth-order valence-corrected chi connectivity index (χ4v) is 10.8. The van der Waals surface area contributed by atoms with Gasteiger partial charge in [0.25, 0.3) is 0 Å². The molecule has 0 radical (unpaired) electrons. The van der Waals surface area contributed by atoms with E-state index in [-0.39, 0.29) is 11.2 Å². The summed E-state index contributed by atoms with van der Waals surface area (Å²) in [6, 6.07) is 1.34. The maximum atomic E-state index is 13.3. The molecule has 1 N–H and O–H groups in total. The summed E-state index contributed by atoms with van der Waals surface area (Å²) in [5, 5.41) is 4.01. The van der Waals surface area contributed by atoms with E-state index in [1.54, 1.807) is 27.9 Å². The number of rotatable bonds is 3. The second-order valence-corrected chi connectivity index (χ2v) is 14.0. The van der Waals surface area contributed by atoms with Crippen LogP contribution in [0.25, 0.3) is 0 Å². The summed E-state index contributed by atoms with van der Waals surface area (Å²) in [4.78, 5) is 13.3. The summed E-state index contributed by atoms with van der Waals surface area (Å²) in [5.74, 6) is 3.39. The van der Waals surface area contributed by atoms with Gasteiger partial charge in [-0.3, -0.25) is 4.79 Å². The molecular formula is C32H41NO3. The first-order valence-electron chi connectivity index (χ1n) is 15.4. The van der Waals surface area contributed by atoms with Gasteiger partial charge in [-0.25, -0.2) is 0 Å². The Labute approximate surface area is 215 Å². The average molecular weight is 488 g/mol. The van der Waals surface area contributed by atoms with Crippen molar-refractivity contribution in [1.82, 2.24) is 5.32 Å². The van der Waals surface area contributed by atoms with Gasteiger partial charge in [-0.05, 0) is 90.9 Å². The molecular weight excluding hydrogens is 446 g/mol. The van der Waals surface area contributed by atoms with E-state index in [1.165, 1.54) is 44.9 Å². The zero-order chi connectivity index (χ0) is 23.8. The minimum Gasteiger partial charge on any atom is -0.348 e. The van der Waals surface area contributed by atoms with Gasteiger partial charge >= 0.3 is 0 Å². The molecule has 9 rings (SSSR count). The van der Waals surface area contributed by atoms with E-state index in [0.29, 0.717) is 41.4 Å². The summed E-state index contributed by atoms with van der Waals surface area (Å²) in [7, 11) is 0. The summed E-state index contributed by atoms with van der Waals surface area (Å²) in [5.41, 5.74) is 10.4. The highest BCUT2D eigenvalue weighted by atomic mass is 16.7. The molecule has 5 unspecified atom stereocenters. The third-order valence-electron chi connectivity index (χ3n) is 12.5. The van der Waals surface area contributed by atoms with Gasteiger partial charge in [-0.1, -0.05) is 37.3 Å². The number of ketones is 1. The first kappa shape index (κ1) is 21.7. The molecule has 5 atom stereocenters. The molecule has 0 bridgehead atoms. The maximum Gasteiger partial charge on any atom is 0.169 e. The number of hydrogen-bond acceptors (Lipinski definition) is 4. The molecule has 1 heterocycles. The fraction of sp³-hybridized carbons (Fsp3) is 0.781. The van der Waals surface area contributed by atoms with Crippen molar-refractivity contribution in [2.24, 2.45) is 35.0 Å². The highest BCUT2D eigenvalue weighted by Crippen LogP contribution is 2.76. The van der Waals surface area contributed by atoms with E-state index < -0.39 is 0 Å². The zero-order valence-electron chi connectivity index (χ0n) is 21.9. The van der Waals surface area contributed by atoms with Crippen LogP contribution in [0, 0.1) is 35.0 Å². The van der Waals surface area contributed by atoms with Crippen molar-refractivity contribution >= 4 is 5.78 Å². The number of ether oxygens (including phenoxy) is 2. The topological polar surface area (TPSA) is 47.6 Å². The van der Waals surface area contributed by atoms with E-state index in [9.17, 15) is 4.79 Å². The molecule has 9 aliphatic rings. The number of fused-ring (bicyclic) bond motifs is 6. The van der Waals surface area contributed by atoms with Gasteiger partial charge in [0.1, 0.15) is 5.78 Å². The van der Waals surface area contributed by atoms with E-state index in [4.69, 9.17) is 9.47 Å². The van der Waals surface area contributed by atoms with Crippen molar-refractivity contribution in [2.45, 2.75) is 108 Å². The molecule has 0 aromatic heterocycles. The van der Waals surface area contributed by atoms with Crippen LogP contribution in [0.15, 0.2) is 33.4 Å². The summed E-state index contributed by atoms with van der Waals surface area (Å²) in [6.45, 7) is 3.88. The molecule has 0 amide bonds. The number of carbonyl (C=O) groups is 1. The first-order chi connectivity index (χ1) is 17.6. The molecule has 4 nitrogen and oxygen atoms in total. The molecule has 4 saturated carbocycles. The minimum absolute atomic E-state index is 0.0811. The monoisotopic (exact) mass is 487 g/mol. The Hall–Kier alpha value is -1.23. The van der Waals surface area contributed by atoms with Crippen LogP contribution in [0.3, 0.4) is 0 Å². The Bertz CT molecular complexity index is 1120. The van der Waals surface area contributed by atoms with Crippen molar-refractivity contribution < 1.29 is 14.3 Å². The molecule has 5 fully saturated rings. The normalized spacial score (nSPS) is 43.3. The van der Waals surface area contributed by atoms with Gasteiger partial charge in [-0.2, -0.15) is 0 Å². The average Bonchev–Trinajstić information content (AvgIpc) is 3.53. The molecule has 36 heavy (non-hydrogen) atoms. The molecule has 1 aliphatic heterocycles. The van der Waals surface area contributed by atoms with Crippen molar-refractivity contribution in [3.63, 3.8) is 0 Å². The standard InChI is InChI=1S/C32H41NO3/c1-31-16-21(25-26-27(25)29-28(26)30(29)33-18-5-3-2-4-6-18)24-19-11-12-32(35-13-14-36-32)15-17(19)7-8-20(24)22(31)9-10-23(31)34/h17-18,20-22,25,30,33H,2-16H2,1H3. The lowest BCUT2D eigenvalue weighted by Crippen LogP contribution is -2.47. The van der Waals surface area contributed by atoms with Gasteiger partial charge in [0.2, 0.25) is 0 Å². The van der Waals surface area contributed by atoms with Crippen LogP contribution in [-0.4, -0.2) is 36.9 Å². The second kappa shape index (κ2) is 7.24. The number of Topliss-reactive ketones (excluding diaryl/α,β-unsaturated/α-hetero) is 1. The SMILES string of the molecule is CC12CC(C3C4=C3C3=C4C3NC3CCCCC3)C3=C4CCC5(CC4CCC3C1CCC2=O)OCCO5. The summed E-state index contributed by atoms with van der Waals surface area (Å²) < 4.78 is 12.4. The van der Waals surface area contributed by atoms with Gasteiger partial charge in [0.05, 0.1) is 19.3 Å². The van der Waals surface area contributed by atoms with Gasteiger partial charge in [0.15, 0.2) is 5.79 Å². The number of nitrogens with one attached hydrogen (secondary N) is 1. The Morgan fingerprint density at radius 2 is 1.61 bits per heavy atom. The Morgan fingerprint density at radius 3 is 2.39 bits per heavy atom. The van der Waals surface area contributed by atoms with Crippen LogP contribution in [0.4, 0.5) is 0 Å². The maximum absolute atomic E-state index is 13.3. The highest BCUT2D eigenvalue weighted by molar-refractivity contribution is 5.91. The zero-order valence-corrected chi connectivity index (χ0v) is 21.9. The van der Waals surface area contributed by atoms with Crippen LogP contribution < -0.4 is 5.32 Å². The Morgan fingerprint density at radius 1 is 0.833 bits per heavy atom. The predicted molar refractivity (Wildman–Crippen MR) is 137 cm³/mol. The van der Waals surface area contributed by atoms with Crippen LogP contribution in [0.2, 0.25) is 0 Å². The lowest BCUT2D eigenvalue weighted by Gasteiger charge is -2.53. The van der Waals surface area contributed by atoms with E-state index >= 15 is 0 Å². The highest BCUT2D eigenvalue weighted by Gasteiger charge is 2.68. The number of carbonyl (C=O) groups excluding carboxylic acids is 1. The largest absolute Gasteiger partial charge is 0.348 e. The summed E-state index contributed by atoms with van der Waals surface area (Å²) in [6.07, 6.45) is 15.8. The second-order valence-electron chi connectivity index (χ2n) is 14.0. The van der Waals surface area contributed by atoms with Crippen LogP contribution in [-0.2, 0) is 14.3 Å². The van der Waals surface area contributed by atoms with Crippen molar-refractivity contribution in [2.75, 3.05) is 13.2 Å². The van der Waals surface area contributed by atoms with E-state index in [1.807, 2.05) is 5.57 Å². The number of hydrogen-bond donors (Lipinski definition) is 1. The minimum atomic E-state index is -0.295. The molecule has 4 heteroatoms. The molecule has 0 aromatic carbocycles. The third kappa shape index (κ3) is 2.75. The Kier molecular flexibility index (Phi) is 4.36. The van der Waals surface area contributed by atoms with Crippen molar-refractivity contribution in [3.05, 3.63) is 33.4 Å². The third-order valence-corrected chi connectivity index (χ3v) is 12.5. The van der Waals surface area contributed by atoms with Crippen LogP contribution >= 0.6 is 0 Å². The molecule has 8 aliphatic carbocycles. The first-order valence-corrected chi connectivity index (χ1v) is 15.4.